The van der Waals surface area contributed by atoms with Crippen LogP contribution in [0.5, 0.6) is 0 Å². The van der Waals surface area contributed by atoms with E-state index in [1.54, 1.807) is 0 Å². The van der Waals surface area contributed by atoms with Crippen LogP contribution in [0.1, 0.15) is 22.9 Å². The standard InChI is InChI=1S/C19H18ClN3O/c1-12-2-7-16-17(8-12)22-19(21-16)14-10-23(11-14)18(24)9-13-3-5-15(20)6-4-13/h2-8,14H,9-11H2,1H3,(H,21,22). The smallest absolute Gasteiger partial charge is 0.227 e. The fraction of sp³-hybridized carbons (Fsp3) is 0.263. The Labute approximate surface area is 145 Å². The van der Waals surface area contributed by atoms with Gasteiger partial charge in [-0.3, -0.25) is 4.79 Å². The molecule has 4 nitrogen and oxygen atoms in total. The summed E-state index contributed by atoms with van der Waals surface area (Å²) in [5.74, 6) is 1.43. The van der Waals surface area contributed by atoms with Crippen LogP contribution >= 0.6 is 11.6 Å². The number of carbonyl (C=O) groups excluding carboxylic acids is 1. The Morgan fingerprint density at radius 2 is 2.00 bits per heavy atom. The van der Waals surface area contributed by atoms with E-state index in [0.29, 0.717) is 17.4 Å². The number of aromatic amines is 1. The van der Waals surface area contributed by atoms with E-state index >= 15 is 0 Å². The number of aryl methyl sites for hydroxylation is 1. The number of nitrogens with zero attached hydrogens (tertiary/aromatic N) is 2. The minimum atomic E-state index is 0.153. The van der Waals surface area contributed by atoms with Crippen molar-refractivity contribution in [3.05, 3.63) is 64.4 Å². The van der Waals surface area contributed by atoms with Gasteiger partial charge in [0, 0.05) is 18.1 Å². The summed E-state index contributed by atoms with van der Waals surface area (Å²) in [4.78, 5) is 22.3. The third kappa shape index (κ3) is 2.89. The molecule has 24 heavy (non-hydrogen) atoms. The maximum atomic E-state index is 12.3. The maximum absolute atomic E-state index is 12.3. The van der Waals surface area contributed by atoms with Crippen molar-refractivity contribution >= 4 is 28.5 Å². The van der Waals surface area contributed by atoms with Crippen LogP contribution in [0.2, 0.25) is 5.02 Å². The molecule has 0 aliphatic carbocycles. The first-order chi connectivity index (χ1) is 11.6. The average Bonchev–Trinajstić information content (AvgIpc) is 2.90. The summed E-state index contributed by atoms with van der Waals surface area (Å²) in [6.07, 6.45) is 0.420. The van der Waals surface area contributed by atoms with Gasteiger partial charge in [0.25, 0.3) is 0 Å². The lowest BCUT2D eigenvalue weighted by Crippen LogP contribution is -2.49. The lowest BCUT2D eigenvalue weighted by molar-refractivity contribution is -0.134. The number of benzene rings is 2. The van der Waals surface area contributed by atoms with E-state index in [4.69, 9.17) is 11.6 Å². The van der Waals surface area contributed by atoms with Crippen molar-refractivity contribution in [2.75, 3.05) is 13.1 Å². The quantitative estimate of drug-likeness (QED) is 0.791. The van der Waals surface area contributed by atoms with Crippen molar-refractivity contribution in [2.45, 2.75) is 19.3 Å². The first-order valence-electron chi connectivity index (χ1n) is 8.07. The summed E-state index contributed by atoms with van der Waals surface area (Å²) in [5.41, 5.74) is 4.26. The molecule has 5 heteroatoms. The predicted octanol–water partition coefficient (Wildman–Crippen LogP) is 3.69. The monoisotopic (exact) mass is 339 g/mol. The van der Waals surface area contributed by atoms with Gasteiger partial charge in [0.05, 0.1) is 23.4 Å². The first kappa shape index (κ1) is 15.2. The van der Waals surface area contributed by atoms with Crippen LogP contribution in [-0.4, -0.2) is 33.9 Å². The van der Waals surface area contributed by atoms with E-state index in [9.17, 15) is 4.79 Å². The molecule has 0 unspecified atom stereocenters. The van der Waals surface area contributed by atoms with Gasteiger partial charge in [-0.1, -0.05) is 29.8 Å². The van der Waals surface area contributed by atoms with Gasteiger partial charge in [-0.2, -0.15) is 0 Å². The van der Waals surface area contributed by atoms with Crippen LogP contribution in [0, 0.1) is 6.92 Å². The number of hydrogen-bond donors (Lipinski definition) is 1. The van der Waals surface area contributed by atoms with Gasteiger partial charge in [-0.05, 0) is 42.3 Å². The largest absolute Gasteiger partial charge is 0.342 e. The van der Waals surface area contributed by atoms with Crippen LogP contribution in [-0.2, 0) is 11.2 Å². The Balaban J connectivity index is 1.39. The molecule has 0 spiro atoms. The van der Waals surface area contributed by atoms with Crippen LogP contribution in [0.4, 0.5) is 0 Å². The minimum Gasteiger partial charge on any atom is -0.342 e. The first-order valence-corrected chi connectivity index (χ1v) is 8.45. The van der Waals surface area contributed by atoms with E-state index in [0.717, 1.165) is 35.5 Å². The van der Waals surface area contributed by atoms with Crippen molar-refractivity contribution in [3.63, 3.8) is 0 Å². The predicted molar refractivity (Wildman–Crippen MR) is 95.3 cm³/mol. The molecule has 1 aliphatic rings. The molecule has 1 saturated heterocycles. The van der Waals surface area contributed by atoms with E-state index < -0.39 is 0 Å². The summed E-state index contributed by atoms with van der Waals surface area (Å²) in [6.45, 7) is 3.52. The second kappa shape index (κ2) is 5.95. The van der Waals surface area contributed by atoms with Gasteiger partial charge >= 0.3 is 0 Å². The Morgan fingerprint density at radius 3 is 2.75 bits per heavy atom. The number of likely N-dealkylation sites (tertiary alicyclic amines) is 1. The van der Waals surface area contributed by atoms with Crippen LogP contribution in [0.25, 0.3) is 11.0 Å². The van der Waals surface area contributed by atoms with E-state index in [1.165, 1.54) is 5.56 Å². The SMILES string of the molecule is Cc1ccc2nc(C3CN(C(=O)Cc4ccc(Cl)cc4)C3)[nH]c2c1. The summed E-state index contributed by atoms with van der Waals surface area (Å²) in [6, 6.07) is 13.6. The van der Waals surface area contributed by atoms with Crippen molar-refractivity contribution in [1.82, 2.24) is 14.9 Å². The molecule has 2 heterocycles. The number of hydrogen-bond acceptors (Lipinski definition) is 2. The molecule has 1 aromatic heterocycles. The van der Waals surface area contributed by atoms with Crippen LogP contribution in [0.3, 0.4) is 0 Å². The van der Waals surface area contributed by atoms with Gasteiger partial charge in [0.15, 0.2) is 0 Å². The number of imidazole rings is 1. The number of aromatic nitrogens is 2. The van der Waals surface area contributed by atoms with Crippen molar-refractivity contribution < 1.29 is 4.79 Å². The Morgan fingerprint density at radius 1 is 1.25 bits per heavy atom. The van der Waals surface area contributed by atoms with Crippen molar-refractivity contribution in [2.24, 2.45) is 0 Å². The minimum absolute atomic E-state index is 0.153. The van der Waals surface area contributed by atoms with E-state index in [-0.39, 0.29) is 5.91 Å². The zero-order valence-corrected chi connectivity index (χ0v) is 14.2. The molecule has 1 N–H and O–H groups in total. The average molecular weight is 340 g/mol. The molecule has 0 bridgehead atoms. The highest BCUT2D eigenvalue weighted by Crippen LogP contribution is 2.27. The zero-order valence-electron chi connectivity index (χ0n) is 13.4. The van der Waals surface area contributed by atoms with Gasteiger partial charge in [0.2, 0.25) is 5.91 Å². The van der Waals surface area contributed by atoms with E-state index in [2.05, 4.69) is 29.0 Å². The highest BCUT2D eigenvalue weighted by Gasteiger charge is 2.33. The lowest BCUT2D eigenvalue weighted by Gasteiger charge is -2.38. The molecule has 0 saturated carbocycles. The molecule has 0 radical (unpaired) electrons. The number of amides is 1. The summed E-state index contributed by atoms with van der Waals surface area (Å²) in [7, 11) is 0. The van der Waals surface area contributed by atoms with Gasteiger partial charge in [-0.15, -0.1) is 0 Å². The molecule has 4 rings (SSSR count). The third-order valence-corrected chi connectivity index (χ3v) is 4.80. The summed E-state index contributed by atoms with van der Waals surface area (Å²) in [5, 5.41) is 0.690. The molecule has 1 fully saturated rings. The number of carbonyl (C=O) groups is 1. The van der Waals surface area contributed by atoms with Crippen LogP contribution < -0.4 is 0 Å². The Bertz CT molecular complexity index is 895. The van der Waals surface area contributed by atoms with Gasteiger partial charge in [-0.25, -0.2) is 4.98 Å². The summed E-state index contributed by atoms with van der Waals surface area (Å²) >= 11 is 5.87. The summed E-state index contributed by atoms with van der Waals surface area (Å²) < 4.78 is 0. The fourth-order valence-electron chi connectivity index (χ4n) is 3.08. The Hall–Kier alpha value is -2.33. The second-order valence-corrected chi connectivity index (χ2v) is 6.88. The highest BCUT2D eigenvalue weighted by atomic mass is 35.5. The number of H-pyrrole nitrogens is 1. The fourth-order valence-corrected chi connectivity index (χ4v) is 3.21. The normalized spacial score (nSPS) is 14.8. The van der Waals surface area contributed by atoms with Crippen molar-refractivity contribution in [3.8, 4) is 0 Å². The maximum Gasteiger partial charge on any atom is 0.227 e. The van der Waals surface area contributed by atoms with Crippen molar-refractivity contribution in [1.29, 1.82) is 0 Å². The number of halogens is 1. The molecule has 1 aliphatic heterocycles. The Kier molecular flexibility index (Phi) is 3.77. The molecular weight excluding hydrogens is 322 g/mol. The number of fused-ring (bicyclic) bond motifs is 1. The van der Waals surface area contributed by atoms with Gasteiger partial charge < -0.3 is 9.88 Å². The van der Waals surface area contributed by atoms with Gasteiger partial charge in [0.1, 0.15) is 5.82 Å². The lowest BCUT2D eigenvalue weighted by atomic mass is 9.98. The number of nitrogens with one attached hydrogen (secondary N) is 1. The molecule has 3 aromatic rings. The third-order valence-electron chi connectivity index (χ3n) is 4.55. The highest BCUT2D eigenvalue weighted by molar-refractivity contribution is 6.30. The second-order valence-electron chi connectivity index (χ2n) is 6.44. The number of rotatable bonds is 3. The molecule has 122 valence electrons. The zero-order chi connectivity index (χ0) is 16.7. The topological polar surface area (TPSA) is 49.0 Å². The molecule has 0 atom stereocenters. The molecule has 1 amide bonds. The molecular formula is C19H18ClN3O. The molecule has 2 aromatic carbocycles. The van der Waals surface area contributed by atoms with E-state index in [1.807, 2.05) is 35.2 Å². The van der Waals surface area contributed by atoms with Crippen LogP contribution in [0.15, 0.2) is 42.5 Å².